The third-order valence-corrected chi connectivity index (χ3v) is 3.59. The summed E-state index contributed by atoms with van der Waals surface area (Å²) in [6.07, 6.45) is 1.52. The lowest BCUT2D eigenvalue weighted by Crippen LogP contribution is -2.27. The van der Waals surface area contributed by atoms with Crippen LogP contribution in [0.4, 0.5) is 0 Å². The summed E-state index contributed by atoms with van der Waals surface area (Å²) in [6.45, 7) is 5.00. The summed E-state index contributed by atoms with van der Waals surface area (Å²) in [5, 5.41) is 11.5. The van der Waals surface area contributed by atoms with Crippen LogP contribution in [0.15, 0.2) is 12.1 Å². The SMILES string of the molecule is CCC(C)CNC(=O)c1ccc(C#CCCO)s1. The molecule has 0 aliphatic rings. The molecular weight excluding hydrogens is 246 g/mol. The first-order valence-electron chi connectivity index (χ1n) is 6.15. The van der Waals surface area contributed by atoms with Crippen LogP contribution in [0.5, 0.6) is 0 Å². The van der Waals surface area contributed by atoms with E-state index in [1.54, 1.807) is 6.07 Å². The number of hydrogen-bond donors (Lipinski definition) is 2. The van der Waals surface area contributed by atoms with Gasteiger partial charge in [0.05, 0.1) is 16.4 Å². The zero-order valence-corrected chi connectivity index (χ0v) is 11.6. The van der Waals surface area contributed by atoms with Crippen molar-refractivity contribution in [3.05, 3.63) is 21.9 Å². The van der Waals surface area contributed by atoms with Crippen LogP contribution in [-0.4, -0.2) is 24.2 Å². The van der Waals surface area contributed by atoms with Crippen LogP contribution < -0.4 is 5.32 Å². The van der Waals surface area contributed by atoms with Crippen LogP contribution in [0.25, 0.3) is 0 Å². The monoisotopic (exact) mass is 265 g/mol. The fourth-order valence-electron chi connectivity index (χ4n) is 1.23. The first-order valence-corrected chi connectivity index (χ1v) is 6.96. The second-order valence-electron chi connectivity index (χ2n) is 4.16. The van der Waals surface area contributed by atoms with E-state index >= 15 is 0 Å². The number of carbonyl (C=O) groups is 1. The third-order valence-electron chi connectivity index (χ3n) is 2.59. The molecule has 1 aromatic rings. The van der Waals surface area contributed by atoms with Gasteiger partial charge in [0.15, 0.2) is 0 Å². The Morgan fingerprint density at radius 3 is 3.00 bits per heavy atom. The normalized spacial score (nSPS) is 11.5. The van der Waals surface area contributed by atoms with E-state index in [4.69, 9.17) is 5.11 Å². The molecule has 0 aromatic carbocycles. The molecule has 0 spiro atoms. The molecule has 0 aliphatic heterocycles. The molecule has 0 saturated heterocycles. The fraction of sp³-hybridized carbons (Fsp3) is 0.500. The Hall–Kier alpha value is -1.31. The number of rotatable bonds is 5. The Morgan fingerprint density at radius 2 is 2.33 bits per heavy atom. The van der Waals surface area contributed by atoms with E-state index in [2.05, 4.69) is 31.0 Å². The van der Waals surface area contributed by atoms with E-state index in [1.165, 1.54) is 11.3 Å². The molecule has 1 unspecified atom stereocenters. The standard InChI is InChI=1S/C14H19NO2S/c1-3-11(2)10-15-14(17)13-8-7-12(18-13)6-4-5-9-16/h7-8,11,16H,3,5,9-10H2,1-2H3,(H,15,17). The van der Waals surface area contributed by atoms with Gasteiger partial charge in [-0.3, -0.25) is 4.79 Å². The molecular formula is C14H19NO2S. The Labute approximate surface area is 112 Å². The minimum absolute atomic E-state index is 0.0319. The molecule has 0 saturated carbocycles. The summed E-state index contributed by atoms with van der Waals surface area (Å²) < 4.78 is 0. The molecule has 2 N–H and O–H groups in total. The number of thiophene rings is 1. The van der Waals surface area contributed by atoms with Crippen molar-refractivity contribution in [3.8, 4) is 11.8 Å². The minimum atomic E-state index is -0.0319. The third kappa shape index (κ3) is 4.91. The predicted octanol–water partition coefficient (Wildman–Crippen LogP) is 2.26. The van der Waals surface area contributed by atoms with Crippen LogP contribution >= 0.6 is 11.3 Å². The van der Waals surface area contributed by atoms with Crippen molar-refractivity contribution in [1.29, 1.82) is 0 Å². The average molecular weight is 265 g/mol. The van der Waals surface area contributed by atoms with Crippen molar-refractivity contribution in [3.63, 3.8) is 0 Å². The van der Waals surface area contributed by atoms with Crippen molar-refractivity contribution >= 4 is 17.2 Å². The van der Waals surface area contributed by atoms with E-state index in [-0.39, 0.29) is 12.5 Å². The first-order chi connectivity index (χ1) is 8.67. The highest BCUT2D eigenvalue weighted by Gasteiger charge is 2.09. The van der Waals surface area contributed by atoms with Crippen molar-refractivity contribution in [2.75, 3.05) is 13.2 Å². The summed E-state index contributed by atoms with van der Waals surface area (Å²) >= 11 is 1.38. The highest BCUT2D eigenvalue weighted by atomic mass is 32.1. The van der Waals surface area contributed by atoms with Crippen LogP contribution in [0.3, 0.4) is 0 Å². The quantitative estimate of drug-likeness (QED) is 0.802. The molecule has 4 heteroatoms. The summed E-state index contributed by atoms with van der Waals surface area (Å²) in [5.41, 5.74) is 0. The number of aliphatic hydroxyl groups excluding tert-OH is 1. The zero-order chi connectivity index (χ0) is 13.4. The predicted molar refractivity (Wildman–Crippen MR) is 74.7 cm³/mol. The van der Waals surface area contributed by atoms with Crippen molar-refractivity contribution in [2.45, 2.75) is 26.7 Å². The highest BCUT2D eigenvalue weighted by Crippen LogP contribution is 2.15. The van der Waals surface area contributed by atoms with Gasteiger partial charge in [0.25, 0.3) is 5.91 Å². The number of nitrogens with one attached hydrogen (secondary N) is 1. The zero-order valence-electron chi connectivity index (χ0n) is 10.8. The summed E-state index contributed by atoms with van der Waals surface area (Å²) in [5.74, 6) is 6.23. The van der Waals surface area contributed by atoms with Crippen LogP contribution in [0.2, 0.25) is 0 Å². The van der Waals surface area contributed by atoms with Gasteiger partial charge in [-0.05, 0) is 18.1 Å². The number of aliphatic hydroxyl groups is 1. The van der Waals surface area contributed by atoms with Crippen LogP contribution in [0, 0.1) is 17.8 Å². The van der Waals surface area contributed by atoms with Gasteiger partial charge >= 0.3 is 0 Å². The summed E-state index contributed by atoms with van der Waals surface area (Å²) in [6, 6.07) is 3.63. The van der Waals surface area contributed by atoms with Gasteiger partial charge in [-0.15, -0.1) is 11.3 Å². The van der Waals surface area contributed by atoms with Gasteiger partial charge in [0, 0.05) is 13.0 Å². The van der Waals surface area contributed by atoms with E-state index in [1.807, 2.05) is 6.07 Å². The molecule has 1 amide bonds. The molecule has 0 aliphatic carbocycles. The fourth-order valence-corrected chi connectivity index (χ4v) is 2.03. The number of amides is 1. The maximum atomic E-state index is 11.8. The lowest BCUT2D eigenvalue weighted by molar-refractivity contribution is 0.0952. The molecule has 0 bridgehead atoms. The van der Waals surface area contributed by atoms with E-state index < -0.39 is 0 Å². The molecule has 98 valence electrons. The van der Waals surface area contributed by atoms with Gasteiger partial charge in [0.1, 0.15) is 0 Å². The molecule has 3 nitrogen and oxygen atoms in total. The smallest absolute Gasteiger partial charge is 0.261 e. The Bertz CT molecular complexity index is 442. The molecule has 0 fully saturated rings. The van der Waals surface area contributed by atoms with Gasteiger partial charge in [-0.1, -0.05) is 32.1 Å². The maximum Gasteiger partial charge on any atom is 0.261 e. The van der Waals surface area contributed by atoms with Crippen molar-refractivity contribution in [2.24, 2.45) is 5.92 Å². The van der Waals surface area contributed by atoms with E-state index in [0.29, 0.717) is 23.8 Å². The first kappa shape index (κ1) is 14.7. The van der Waals surface area contributed by atoms with E-state index in [0.717, 1.165) is 11.3 Å². The Kier molecular flexibility index (Phi) is 6.48. The Balaban J connectivity index is 2.52. The van der Waals surface area contributed by atoms with Gasteiger partial charge in [-0.2, -0.15) is 0 Å². The molecule has 1 rings (SSSR count). The number of carbonyl (C=O) groups excluding carboxylic acids is 1. The topological polar surface area (TPSA) is 49.3 Å². The molecule has 1 aromatic heterocycles. The van der Waals surface area contributed by atoms with Crippen LogP contribution in [0.1, 0.15) is 41.2 Å². The minimum Gasteiger partial charge on any atom is -0.395 e. The molecule has 0 radical (unpaired) electrons. The largest absolute Gasteiger partial charge is 0.395 e. The second kappa shape index (κ2) is 7.91. The average Bonchev–Trinajstić information content (AvgIpc) is 2.84. The molecule has 1 heterocycles. The summed E-state index contributed by atoms with van der Waals surface area (Å²) in [7, 11) is 0. The lowest BCUT2D eigenvalue weighted by atomic mass is 10.1. The van der Waals surface area contributed by atoms with Crippen molar-refractivity contribution < 1.29 is 9.90 Å². The summed E-state index contributed by atoms with van der Waals surface area (Å²) in [4.78, 5) is 13.4. The van der Waals surface area contributed by atoms with Gasteiger partial charge < -0.3 is 10.4 Å². The van der Waals surface area contributed by atoms with Crippen molar-refractivity contribution in [1.82, 2.24) is 5.32 Å². The lowest BCUT2D eigenvalue weighted by Gasteiger charge is -2.08. The second-order valence-corrected chi connectivity index (χ2v) is 5.25. The van der Waals surface area contributed by atoms with Gasteiger partial charge in [0.2, 0.25) is 0 Å². The molecule has 18 heavy (non-hydrogen) atoms. The maximum absolute atomic E-state index is 11.8. The van der Waals surface area contributed by atoms with Crippen LogP contribution in [-0.2, 0) is 0 Å². The number of hydrogen-bond acceptors (Lipinski definition) is 3. The molecule has 1 atom stereocenters. The highest BCUT2D eigenvalue weighted by molar-refractivity contribution is 7.14. The van der Waals surface area contributed by atoms with Gasteiger partial charge in [-0.25, -0.2) is 0 Å². The van der Waals surface area contributed by atoms with E-state index in [9.17, 15) is 4.79 Å². The Morgan fingerprint density at radius 1 is 1.56 bits per heavy atom.